The Labute approximate surface area is 174 Å². The van der Waals surface area contributed by atoms with Crippen LogP contribution in [-0.2, 0) is 14.8 Å². The maximum Gasteiger partial charge on any atom is 0.279 e. The van der Waals surface area contributed by atoms with Crippen LogP contribution in [-0.4, -0.2) is 51.4 Å². The highest BCUT2D eigenvalue weighted by Crippen LogP contribution is 2.21. The van der Waals surface area contributed by atoms with Gasteiger partial charge in [-0.25, -0.2) is 8.42 Å². The number of rotatable bonds is 5. The van der Waals surface area contributed by atoms with Gasteiger partial charge in [-0.3, -0.25) is 4.79 Å². The number of hydrogen-bond acceptors (Lipinski definition) is 3. The van der Waals surface area contributed by atoms with Gasteiger partial charge in [0.25, 0.3) is 5.91 Å². The normalized spacial score (nSPS) is 16.1. The van der Waals surface area contributed by atoms with E-state index in [2.05, 4.69) is 21.2 Å². The highest BCUT2D eigenvalue weighted by Gasteiger charge is 2.32. The fraction of sp³-hybridized carbons (Fsp3) is 0.350. The first-order valence-electron chi connectivity index (χ1n) is 9.22. The van der Waals surface area contributed by atoms with E-state index in [0.29, 0.717) is 37.6 Å². The number of nitrogens with one attached hydrogen (secondary N) is 2. The molecule has 1 amide bonds. The van der Waals surface area contributed by atoms with Gasteiger partial charge in [-0.2, -0.15) is 4.31 Å². The summed E-state index contributed by atoms with van der Waals surface area (Å²) in [4.78, 5) is 13.8. The topological polar surface area (TPSA) is 70.9 Å². The predicted molar refractivity (Wildman–Crippen MR) is 113 cm³/mol. The predicted octanol–water partition coefficient (Wildman–Crippen LogP) is 1.59. The van der Waals surface area contributed by atoms with Gasteiger partial charge in [0.05, 0.1) is 31.1 Å². The molecular weight excluding hydrogens is 442 g/mol. The van der Waals surface area contributed by atoms with E-state index < -0.39 is 10.0 Å². The number of sulfonamides is 1. The standard InChI is InChI=1S/C20H24BrN3O3S/c1-15-6-7-16(2)19(12-15)28(26,27)24-10-8-23(9-11-24)14-20(25)22-18-5-3-4-17(21)13-18/h3-7,12-13H,8-11,14H2,1-2H3,(H,22,25)/p+1. The quantitative estimate of drug-likeness (QED) is 0.702. The lowest BCUT2D eigenvalue weighted by atomic mass is 10.2. The second-order valence-electron chi connectivity index (χ2n) is 7.16. The molecule has 0 spiro atoms. The summed E-state index contributed by atoms with van der Waals surface area (Å²) >= 11 is 3.39. The number of carbonyl (C=O) groups excluding carboxylic acids is 1. The number of nitrogens with zero attached hydrogens (tertiary/aromatic N) is 1. The minimum absolute atomic E-state index is 0.0704. The average Bonchev–Trinajstić information content (AvgIpc) is 2.64. The summed E-state index contributed by atoms with van der Waals surface area (Å²) in [6.07, 6.45) is 0. The monoisotopic (exact) mass is 466 g/mol. The molecule has 2 N–H and O–H groups in total. The van der Waals surface area contributed by atoms with Gasteiger partial charge in [-0.05, 0) is 49.2 Å². The third-order valence-corrected chi connectivity index (χ3v) is 7.44. The zero-order valence-corrected chi connectivity index (χ0v) is 18.4. The molecule has 0 aromatic heterocycles. The molecular formula is C20H25BrN3O3S+. The highest BCUT2D eigenvalue weighted by molar-refractivity contribution is 9.10. The van der Waals surface area contributed by atoms with Gasteiger partial charge in [0, 0.05) is 10.2 Å². The maximum absolute atomic E-state index is 13.0. The van der Waals surface area contributed by atoms with Crippen LogP contribution in [0.4, 0.5) is 5.69 Å². The molecule has 1 saturated heterocycles. The Morgan fingerprint density at radius 3 is 2.54 bits per heavy atom. The Bertz CT molecular complexity index is 970. The van der Waals surface area contributed by atoms with E-state index in [1.165, 1.54) is 4.31 Å². The van der Waals surface area contributed by atoms with E-state index in [-0.39, 0.29) is 5.91 Å². The third kappa shape index (κ3) is 5.00. The number of quaternary nitrogens is 1. The molecule has 0 atom stereocenters. The number of halogens is 1. The molecule has 6 nitrogen and oxygen atoms in total. The van der Waals surface area contributed by atoms with Crippen molar-refractivity contribution in [2.24, 2.45) is 0 Å². The van der Waals surface area contributed by atoms with Gasteiger partial charge in [0.15, 0.2) is 6.54 Å². The van der Waals surface area contributed by atoms with Gasteiger partial charge in [-0.15, -0.1) is 0 Å². The van der Waals surface area contributed by atoms with Crippen LogP contribution in [0.2, 0.25) is 0 Å². The molecule has 2 aromatic carbocycles. The summed E-state index contributed by atoms with van der Waals surface area (Å²) in [6, 6.07) is 12.9. The molecule has 0 aliphatic carbocycles. The van der Waals surface area contributed by atoms with Crippen molar-refractivity contribution >= 4 is 37.5 Å². The second-order valence-corrected chi connectivity index (χ2v) is 9.98. The lowest BCUT2D eigenvalue weighted by Gasteiger charge is -2.31. The summed E-state index contributed by atoms with van der Waals surface area (Å²) in [5.41, 5.74) is 2.43. The van der Waals surface area contributed by atoms with Gasteiger partial charge in [0.2, 0.25) is 10.0 Å². The van der Waals surface area contributed by atoms with E-state index in [1.54, 1.807) is 6.07 Å². The molecule has 1 fully saturated rings. The summed E-state index contributed by atoms with van der Waals surface area (Å²) in [5.74, 6) is -0.0704. The van der Waals surface area contributed by atoms with Crippen LogP contribution >= 0.6 is 15.9 Å². The summed E-state index contributed by atoms with van der Waals surface area (Å²) < 4.78 is 28.4. The van der Waals surface area contributed by atoms with Crippen LogP contribution in [0.15, 0.2) is 51.8 Å². The molecule has 1 heterocycles. The second kappa shape index (κ2) is 8.73. The van der Waals surface area contributed by atoms with E-state index in [0.717, 1.165) is 26.2 Å². The summed E-state index contributed by atoms with van der Waals surface area (Å²) in [5, 5.41) is 2.89. The Kier molecular flexibility index (Phi) is 6.54. The van der Waals surface area contributed by atoms with Crippen molar-refractivity contribution in [3.63, 3.8) is 0 Å². The van der Waals surface area contributed by atoms with Crippen LogP contribution in [0.3, 0.4) is 0 Å². The molecule has 0 saturated carbocycles. The van der Waals surface area contributed by atoms with Crippen molar-refractivity contribution < 1.29 is 18.1 Å². The molecule has 0 unspecified atom stereocenters. The fourth-order valence-electron chi connectivity index (χ4n) is 3.34. The number of benzene rings is 2. The van der Waals surface area contributed by atoms with Crippen molar-refractivity contribution in [2.45, 2.75) is 18.7 Å². The fourth-order valence-corrected chi connectivity index (χ4v) is 5.49. The molecule has 0 bridgehead atoms. The lowest BCUT2D eigenvalue weighted by Crippen LogP contribution is -3.15. The van der Waals surface area contributed by atoms with Crippen molar-refractivity contribution in [3.8, 4) is 0 Å². The van der Waals surface area contributed by atoms with Crippen LogP contribution in [0, 0.1) is 13.8 Å². The van der Waals surface area contributed by atoms with Crippen molar-refractivity contribution in [1.29, 1.82) is 0 Å². The minimum Gasteiger partial charge on any atom is -0.325 e. The Balaban J connectivity index is 1.58. The van der Waals surface area contributed by atoms with Crippen LogP contribution in [0.25, 0.3) is 0 Å². The molecule has 150 valence electrons. The minimum atomic E-state index is -3.51. The number of amides is 1. The zero-order valence-electron chi connectivity index (χ0n) is 16.0. The highest BCUT2D eigenvalue weighted by atomic mass is 79.9. The molecule has 8 heteroatoms. The molecule has 3 rings (SSSR count). The van der Waals surface area contributed by atoms with E-state index in [4.69, 9.17) is 0 Å². The molecule has 1 aliphatic heterocycles. The zero-order chi connectivity index (χ0) is 20.3. The van der Waals surface area contributed by atoms with E-state index >= 15 is 0 Å². The average molecular weight is 467 g/mol. The van der Waals surface area contributed by atoms with Crippen LogP contribution < -0.4 is 10.2 Å². The number of piperazine rings is 1. The van der Waals surface area contributed by atoms with Gasteiger partial charge < -0.3 is 10.2 Å². The first kappa shape index (κ1) is 21.0. The number of aryl methyl sites for hydroxylation is 2. The lowest BCUT2D eigenvalue weighted by molar-refractivity contribution is -0.895. The van der Waals surface area contributed by atoms with Crippen molar-refractivity contribution in [1.82, 2.24) is 4.31 Å². The summed E-state index contributed by atoms with van der Waals surface area (Å²) in [7, 11) is -3.51. The smallest absolute Gasteiger partial charge is 0.279 e. The Morgan fingerprint density at radius 2 is 1.86 bits per heavy atom. The van der Waals surface area contributed by atoms with Crippen LogP contribution in [0.1, 0.15) is 11.1 Å². The molecule has 28 heavy (non-hydrogen) atoms. The largest absolute Gasteiger partial charge is 0.325 e. The molecule has 2 aromatic rings. The molecule has 1 aliphatic rings. The van der Waals surface area contributed by atoms with E-state index in [9.17, 15) is 13.2 Å². The number of hydrogen-bond donors (Lipinski definition) is 2. The third-order valence-electron chi connectivity index (χ3n) is 4.91. The number of anilines is 1. The van der Waals surface area contributed by atoms with Gasteiger partial charge >= 0.3 is 0 Å². The Hall–Kier alpha value is -1.74. The van der Waals surface area contributed by atoms with Crippen molar-refractivity contribution in [2.75, 3.05) is 38.0 Å². The maximum atomic E-state index is 13.0. The van der Waals surface area contributed by atoms with Crippen molar-refractivity contribution in [3.05, 3.63) is 58.1 Å². The van der Waals surface area contributed by atoms with Crippen LogP contribution in [0.5, 0.6) is 0 Å². The SMILES string of the molecule is Cc1ccc(C)c(S(=O)(=O)N2CC[NH+](CC(=O)Nc3cccc(Br)c3)CC2)c1. The number of carbonyl (C=O) groups is 1. The van der Waals surface area contributed by atoms with Gasteiger partial charge in [0.1, 0.15) is 0 Å². The van der Waals surface area contributed by atoms with Gasteiger partial charge in [-0.1, -0.05) is 34.1 Å². The molecule has 0 radical (unpaired) electrons. The van der Waals surface area contributed by atoms with E-state index in [1.807, 2.05) is 50.2 Å². The summed E-state index contributed by atoms with van der Waals surface area (Å²) in [6.45, 7) is 6.07. The first-order valence-corrected chi connectivity index (χ1v) is 11.5. The Morgan fingerprint density at radius 1 is 1.14 bits per heavy atom. The first-order chi connectivity index (χ1) is 13.3.